The van der Waals surface area contributed by atoms with E-state index < -0.39 is 70.1 Å². The van der Waals surface area contributed by atoms with E-state index >= 15 is 0 Å². The molecule has 24 heteroatoms. The van der Waals surface area contributed by atoms with E-state index in [0.717, 1.165) is 11.3 Å². The molecule has 0 unspecified atom stereocenters. The molecule has 3 N–H and O–H groups in total. The second-order valence-electron chi connectivity index (χ2n) is 10.9. The molecule has 4 heterocycles. The number of carbonyl (C=O) groups excluding carboxylic acids is 3. The molecule has 4 rings (SSSR count). The van der Waals surface area contributed by atoms with Crippen LogP contribution in [0.2, 0.25) is 5.28 Å². The van der Waals surface area contributed by atoms with Crippen molar-refractivity contribution in [3.8, 4) is 0 Å². The fraction of sp³-hybridized carbons (Fsp3) is 0.704. The van der Waals surface area contributed by atoms with E-state index in [9.17, 15) is 29.2 Å². The molecular formula is C27H40ClN6O16P. The first-order chi connectivity index (χ1) is 24.4. The molecule has 1 amide bonds. The SMILES string of the molecule is COCCOC(=O)OCOP(=O)(CC(=O)N(C)C[C@H]1O[C@@H](n2cnc3c(N[C@H]4CCOC4)nc(Cl)nc32)[C@H](O)[C@@H]1O)OCOC(=O)OCCOC. The lowest BCUT2D eigenvalue weighted by molar-refractivity contribution is -0.130. The first-order valence-electron chi connectivity index (χ1n) is 15.4. The summed E-state index contributed by atoms with van der Waals surface area (Å²) in [6, 6.07) is -0.0201. The number of imidazole rings is 1. The highest BCUT2D eigenvalue weighted by atomic mass is 35.5. The lowest BCUT2D eigenvalue weighted by Crippen LogP contribution is -2.41. The summed E-state index contributed by atoms with van der Waals surface area (Å²) in [5.74, 6) is -0.499. The van der Waals surface area contributed by atoms with Crippen molar-refractivity contribution in [1.82, 2.24) is 24.4 Å². The van der Waals surface area contributed by atoms with Gasteiger partial charge in [0.15, 0.2) is 23.2 Å². The van der Waals surface area contributed by atoms with E-state index in [2.05, 4.69) is 20.3 Å². The van der Waals surface area contributed by atoms with Crippen molar-refractivity contribution < 1.29 is 76.1 Å². The molecule has 0 bridgehead atoms. The number of fused-ring (bicyclic) bond motifs is 1. The maximum absolute atomic E-state index is 13.5. The summed E-state index contributed by atoms with van der Waals surface area (Å²) in [6.07, 6.45) is -6.56. The van der Waals surface area contributed by atoms with Gasteiger partial charge in [0.25, 0.3) is 0 Å². The van der Waals surface area contributed by atoms with Gasteiger partial charge in [-0.25, -0.2) is 14.6 Å². The predicted molar refractivity (Wildman–Crippen MR) is 170 cm³/mol. The number of methoxy groups -OCH3 is 2. The van der Waals surface area contributed by atoms with Crippen molar-refractivity contribution in [3.63, 3.8) is 0 Å². The molecule has 0 radical (unpaired) electrons. The highest BCUT2D eigenvalue weighted by molar-refractivity contribution is 7.54. The zero-order valence-corrected chi connectivity index (χ0v) is 29.6. The maximum atomic E-state index is 13.5. The molecule has 0 aromatic carbocycles. The summed E-state index contributed by atoms with van der Waals surface area (Å²) in [5.41, 5.74) is 0.546. The van der Waals surface area contributed by atoms with E-state index in [1.165, 1.54) is 32.2 Å². The summed E-state index contributed by atoms with van der Waals surface area (Å²) in [4.78, 5) is 50.5. The monoisotopic (exact) mass is 770 g/mol. The number of aliphatic hydroxyl groups is 2. The zero-order chi connectivity index (χ0) is 37.0. The number of amides is 1. The number of aromatic nitrogens is 4. The Balaban J connectivity index is 1.38. The van der Waals surface area contributed by atoms with Crippen LogP contribution in [0.3, 0.4) is 0 Å². The van der Waals surface area contributed by atoms with Crippen LogP contribution in [0.4, 0.5) is 15.4 Å². The molecule has 2 aromatic rings. The van der Waals surface area contributed by atoms with Gasteiger partial charge in [0.1, 0.15) is 37.7 Å². The van der Waals surface area contributed by atoms with Gasteiger partial charge in [-0.1, -0.05) is 0 Å². The third-order valence-electron chi connectivity index (χ3n) is 7.35. The highest BCUT2D eigenvalue weighted by Crippen LogP contribution is 2.48. The summed E-state index contributed by atoms with van der Waals surface area (Å²) in [5, 5.41) is 25.0. The number of hydrogen-bond donors (Lipinski definition) is 3. The van der Waals surface area contributed by atoms with Crippen molar-refractivity contribution in [2.45, 2.75) is 37.0 Å². The summed E-state index contributed by atoms with van der Waals surface area (Å²) < 4.78 is 64.8. The van der Waals surface area contributed by atoms with Crippen LogP contribution in [0.15, 0.2) is 6.33 Å². The van der Waals surface area contributed by atoms with Crippen LogP contribution in [-0.4, -0.2) is 164 Å². The van der Waals surface area contributed by atoms with Crippen molar-refractivity contribution in [3.05, 3.63) is 11.6 Å². The van der Waals surface area contributed by atoms with Crippen molar-refractivity contribution in [2.24, 2.45) is 0 Å². The van der Waals surface area contributed by atoms with E-state index in [-0.39, 0.29) is 49.9 Å². The summed E-state index contributed by atoms with van der Waals surface area (Å²) >= 11 is 6.20. The Kier molecular flexibility index (Phi) is 15.4. The number of carbonyl (C=O) groups is 3. The number of likely N-dealkylation sites (N-methyl/N-ethyl adjacent to an activating group) is 1. The molecule has 2 saturated heterocycles. The van der Waals surface area contributed by atoms with E-state index in [0.29, 0.717) is 24.5 Å². The zero-order valence-electron chi connectivity index (χ0n) is 27.9. The predicted octanol–water partition coefficient (Wildman–Crippen LogP) is 0.499. The number of ether oxygens (including phenoxy) is 8. The lowest BCUT2D eigenvalue weighted by Gasteiger charge is -2.25. The van der Waals surface area contributed by atoms with Gasteiger partial charge in [-0.3, -0.25) is 23.0 Å². The van der Waals surface area contributed by atoms with E-state index in [1.54, 1.807) is 0 Å². The second-order valence-corrected chi connectivity index (χ2v) is 13.3. The summed E-state index contributed by atoms with van der Waals surface area (Å²) in [7, 11) is -0.399. The number of nitrogens with zero attached hydrogens (tertiary/aromatic N) is 5. The molecule has 0 aliphatic carbocycles. The molecule has 51 heavy (non-hydrogen) atoms. The lowest BCUT2D eigenvalue weighted by atomic mass is 10.1. The third kappa shape index (κ3) is 11.5. The molecular weight excluding hydrogens is 731 g/mol. The van der Waals surface area contributed by atoms with Crippen LogP contribution in [0.5, 0.6) is 0 Å². The van der Waals surface area contributed by atoms with E-state index in [4.69, 9.17) is 58.5 Å². The number of anilines is 1. The van der Waals surface area contributed by atoms with Crippen molar-refractivity contribution >= 4 is 54.4 Å². The van der Waals surface area contributed by atoms with Gasteiger partial charge in [-0.15, -0.1) is 0 Å². The molecule has 22 nitrogen and oxygen atoms in total. The molecule has 5 atom stereocenters. The van der Waals surface area contributed by atoms with Crippen LogP contribution in [-0.2, 0) is 56.3 Å². The smallest absolute Gasteiger partial charge is 0.432 e. The number of hydrogen-bond acceptors (Lipinski definition) is 20. The highest BCUT2D eigenvalue weighted by Gasteiger charge is 2.45. The number of rotatable bonds is 19. The fourth-order valence-corrected chi connectivity index (χ4v) is 6.15. The average Bonchev–Trinajstić information content (AvgIpc) is 3.82. The Hall–Kier alpha value is -3.44. The molecule has 0 spiro atoms. The van der Waals surface area contributed by atoms with Crippen molar-refractivity contribution in [1.29, 1.82) is 0 Å². The van der Waals surface area contributed by atoms with Gasteiger partial charge in [0.05, 0.1) is 32.2 Å². The molecule has 2 aliphatic heterocycles. The number of nitrogens with one attached hydrogen (secondary N) is 1. The van der Waals surface area contributed by atoms with Crippen LogP contribution >= 0.6 is 19.2 Å². The van der Waals surface area contributed by atoms with Crippen molar-refractivity contribution in [2.75, 3.05) is 92.5 Å². The topological polar surface area (TPSA) is 260 Å². The molecule has 0 saturated carbocycles. The molecule has 2 aliphatic rings. The van der Waals surface area contributed by atoms with Gasteiger partial charge in [0, 0.05) is 34.4 Å². The molecule has 2 aromatic heterocycles. The second kappa shape index (κ2) is 19.4. The van der Waals surface area contributed by atoms with Gasteiger partial charge in [-0.05, 0) is 18.0 Å². The van der Waals surface area contributed by atoms with Crippen LogP contribution < -0.4 is 5.32 Å². The maximum Gasteiger partial charge on any atom is 0.510 e. The molecule has 286 valence electrons. The largest absolute Gasteiger partial charge is 0.510 e. The number of halogens is 1. The third-order valence-corrected chi connectivity index (χ3v) is 9.18. The first kappa shape index (κ1) is 40.3. The minimum absolute atomic E-state index is 0.0201. The van der Waals surface area contributed by atoms with Gasteiger partial charge in [0.2, 0.25) is 24.8 Å². The van der Waals surface area contributed by atoms with Crippen LogP contribution in [0, 0.1) is 0 Å². The quantitative estimate of drug-likeness (QED) is 0.0577. The average molecular weight is 771 g/mol. The Morgan fingerprint density at radius 1 is 1.02 bits per heavy atom. The Bertz CT molecular complexity index is 1480. The number of aliphatic hydroxyl groups excluding tert-OH is 2. The minimum atomic E-state index is -4.49. The van der Waals surface area contributed by atoms with E-state index in [1.807, 2.05) is 0 Å². The minimum Gasteiger partial charge on any atom is -0.432 e. The van der Waals surface area contributed by atoms with Gasteiger partial charge < -0.3 is 58.3 Å². The summed E-state index contributed by atoms with van der Waals surface area (Å²) in [6.45, 7) is -1.28. The van der Waals surface area contributed by atoms with Gasteiger partial charge in [-0.2, -0.15) is 9.97 Å². The standard InChI is InChI=1S/C27H40ClN6O16P/c1-33(18(35)12-51(40,48-14-46-26(38)44-8-6-41-2)49-15-47-27(39)45-9-7-42-3)10-17-20(36)21(37)24(50-17)34-13-29-19-22(30-16-4-5-43-11-16)31-25(28)32-23(19)34/h13,16-17,20-21,24,36-37H,4-12,14-15H2,1-3H3,(H,30,31,32)/t16-,17+,20+,21+,24+/m0/s1. The Labute approximate surface area is 295 Å². The van der Waals surface area contributed by atoms with Crippen LogP contribution in [0.25, 0.3) is 11.2 Å². The Morgan fingerprint density at radius 2 is 1.67 bits per heavy atom. The van der Waals surface area contributed by atoms with Gasteiger partial charge >= 0.3 is 19.9 Å². The Morgan fingerprint density at radius 3 is 2.25 bits per heavy atom. The normalized spacial score (nSPS) is 21.8. The molecule has 2 fully saturated rings. The fourth-order valence-electron chi connectivity index (χ4n) is 4.72. The van der Waals surface area contributed by atoms with Crippen LogP contribution in [0.1, 0.15) is 12.6 Å². The first-order valence-corrected chi connectivity index (χ1v) is 17.5.